The molecule has 0 N–H and O–H groups in total. The molecule has 19 heavy (non-hydrogen) atoms. The average molecular weight is 327 g/mol. The van der Waals surface area contributed by atoms with Crippen LogP contribution in [-0.4, -0.2) is 7.11 Å². The van der Waals surface area contributed by atoms with E-state index in [4.69, 9.17) is 4.74 Å². The van der Waals surface area contributed by atoms with Crippen molar-refractivity contribution in [3.8, 4) is 5.75 Å². The lowest BCUT2D eigenvalue weighted by atomic mass is 10.0. The van der Waals surface area contributed by atoms with Crippen LogP contribution in [0, 0.1) is 18.6 Å². The van der Waals surface area contributed by atoms with Gasteiger partial charge in [0.05, 0.1) is 11.9 Å². The molecule has 0 fully saturated rings. The Labute approximate surface area is 119 Å². The van der Waals surface area contributed by atoms with E-state index in [1.165, 1.54) is 12.1 Å². The Morgan fingerprint density at radius 2 is 1.68 bits per heavy atom. The molecular weight excluding hydrogens is 314 g/mol. The Morgan fingerprint density at radius 1 is 1.05 bits per heavy atom. The first-order valence-corrected chi connectivity index (χ1v) is 6.68. The lowest BCUT2D eigenvalue weighted by Gasteiger charge is -2.14. The highest BCUT2D eigenvalue weighted by Gasteiger charge is 2.20. The molecule has 2 rings (SSSR count). The normalized spacial score (nSPS) is 12.3. The number of halogens is 3. The van der Waals surface area contributed by atoms with Crippen molar-refractivity contribution >= 4 is 15.9 Å². The SMILES string of the molecule is COc1ccc(C(Br)c2c(F)ccc(C)c2F)cc1. The minimum absolute atomic E-state index is 0.0326. The van der Waals surface area contributed by atoms with Gasteiger partial charge in [-0.2, -0.15) is 0 Å². The fraction of sp³-hybridized carbons (Fsp3) is 0.200. The van der Waals surface area contributed by atoms with E-state index in [0.717, 1.165) is 5.56 Å². The second kappa shape index (κ2) is 5.70. The molecule has 0 saturated carbocycles. The molecule has 1 unspecified atom stereocenters. The molecule has 0 heterocycles. The smallest absolute Gasteiger partial charge is 0.133 e. The van der Waals surface area contributed by atoms with Crippen LogP contribution in [0.25, 0.3) is 0 Å². The zero-order chi connectivity index (χ0) is 14.0. The van der Waals surface area contributed by atoms with Crippen LogP contribution in [0.1, 0.15) is 21.5 Å². The number of benzene rings is 2. The summed E-state index contributed by atoms with van der Waals surface area (Å²) in [4.78, 5) is -0.529. The van der Waals surface area contributed by atoms with E-state index in [-0.39, 0.29) is 5.56 Å². The number of methoxy groups -OCH3 is 1. The standard InChI is InChI=1S/C15H13BrF2O/c1-9-3-8-12(17)13(15(9)18)14(16)10-4-6-11(19-2)7-5-10/h3-8,14H,1-2H3. The van der Waals surface area contributed by atoms with Gasteiger partial charge < -0.3 is 4.74 Å². The first kappa shape index (κ1) is 14.0. The molecule has 0 spiro atoms. The predicted octanol–water partition coefficient (Wildman–Crippen LogP) is 4.77. The minimum atomic E-state index is -0.555. The molecule has 2 aromatic rings. The van der Waals surface area contributed by atoms with Gasteiger partial charge in [-0.15, -0.1) is 0 Å². The van der Waals surface area contributed by atoms with Gasteiger partial charge in [-0.1, -0.05) is 34.1 Å². The topological polar surface area (TPSA) is 9.23 Å². The molecule has 2 aromatic carbocycles. The summed E-state index contributed by atoms with van der Waals surface area (Å²) < 4.78 is 32.9. The lowest BCUT2D eigenvalue weighted by Crippen LogP contribution is -2.02. The zero-order valence-electron chi connectivity index (χ0n) is 10.6. The molecule has 4 heteroatoms. The van der Waals surface area contributed by atoms with Crippen LogP contribution in [0.15, 0.2) is 36.4 Å². The number of rotatable bonds is 3. The van der Waals surface area contributed by atoms with E-state index < -0.39 is 16.5 Å². The summed E-state index contributed by atoms with van der Waals surface area (Å²) in [5.74, 6) is -0.368. The van der Waals surface area contributed by atoms with Crippen molar-refractivity contribution in [1.29, 1.82) is 0 Å². The van der Waals surface area contributed by atoms with Crippen molar-refractivity contribution in [3.63, 3.8) is 0 Å². The van der Waals surface area contributed by atoms with Crippen LogP contribution < -0.4 is 4.74 Å². The fourth-order valence-electron chi connectivity index (χ4n) is 1.85. The average Bonchev–Trinajstić information content (AvgIpc) is 2.43. The Hall–Kier alpha value is -1.42. The van der Waals surface area contributed by atoms with Crippen molar-refractivity contribution in [2.45, 2.75) is 11.8 Å². The third kappa shape index (κ3) is 2.78. The number of hydrogen-bond acceptors (Lipinski definition) is 1. The predicted molar refractivity (Wildman–Crippen MR) is 74.9 cm³/mol. The molecule has 0 aromatic heterocycles. The van der Waals surface area contributed by atoms with Crippen molar-refractivity contribution in [2.75, 3.05) is 7.11 Å². The molecule has 1 nitrogen and oxygen atoms in total. The summed E-state index contributed by atoms with van der Waals surface area (Å²) in [6.45, 7) is 1.62. The van der Waals surface area contributed by atoms with Gasteiger partial charge in [0, 0.05) is 5.56 Å². The second-order valence-electron chi connectivity index (χ2n) is 4.23. The van der Waals surface area contributed by atoms with Crippen LogP contribution in [0.2, 0.25) is 0 Å². The van der Waals surface area contributed by atoms with Crippen LogP contribution >= 0.6 is 15.9 Å². The largest absolute Gasteiger partial charge is 0.497 e. The maximum atomic E-state index is 14.0. The van der Waals surface area contributed by atoms with Gasteiger partial charge in [0.2, 0.25) is 0 Å². The highest BCUT2D eigenvalue weighted by molar-refractivity contribution is 9.09. The summed E-state index contributed by atoms with van der Waals surface area (Å²) in [5.41, 5.74) is 1.23. The Kier molecular flexibility index (Phi) is 4.20. The lowest BCUT2D eigenvalue weighted by molar-refractivity contribution is 0.414. The molecule has 0 aliphatic carbocycles. The Bertz CT molecular complexity index is 581. The van der Waals surface area contributed by atoms with Crippen molar-refractivity contribution < 1.29 is 13.5 Å². The van der Waals surface area contributed by atoms with E-state index in [9.17, 15) is 8.78 Å². The third-order valence-corrected chi connectivity index (χ3v) is 3.97. The van der Waals surface area contributed by atoms with Gasteiger partial charge in [0.15, 0.2) is 0 Å². The van der Waals surface area contributed by atoms with E-state index in [0.29, 0.717) is 11.3 Å². The first-order chi connectivity index (χ1) is 9.04. The van der Waals surface area contributed by atoms with Gasteiger partial charge in [0.1, 0.15) is 17.4 Å². The van der Waals surface area contributed by atoms with E-state index >= 15 is 0 Å². The molecule has 0 saturated heterocycles. The molecule has 0 amide bonds. The summed E-state index contributed by atoms with van der Waals surface area (Å²) in [7, 11) is 1.57. The molecule has 100 valence electrons. The number of alkyl halides is 1. The Morgan fingerprint density at radius 3 is 2.26 bits per heavy atom. The van der Waals surface area contributed by atoms with Crippen molar-refractivity contribution in [1.82, 2.24) is 0 Å². The molecule has 0 aliphatic rings. The van der Waals surface area contributed by atoms with Gasteiger partial charge in [-0.25, -0.2) is 8.78 Å². The maximum absolute atomic E-state index is 14.0. The number of ether oxygens (including phenoxy) is 1. The van der Waals surface area contributed by atoms with Crippen LogP contribution in [0.4, 0.5) is 8.78 Å². The summed E-state index contributed by atoms with van der Waals surface area (Å²) >= 11 is 3.36. The zero-order valence-corrected chi connectivity index (χ0v) is 12.2. The molecule has 0 radical (unpaired) electrons. The van der Waals surface area contributed by atoms with Crippen LogP contribution in [-0.2, 0) is 0 Å². The minimum Gasteiger partial charge on any atom is -0.497 e. The van der Waals surface area contributed by atoms with Crippen LogP contribution in [0.5, 0.6) is 5.75 Å². The third-order valence-electron chi connectivity index (χ3n) is 2.98. The molecule has 0 aliphatic heterocycles. The van der Waals surface area contributed by atoms with Crippen molar-refractivity contribution in [3.05, 3.63) is 64.7 Å². The van der Waals surface area contributed by atoms with Gasteiger partial charge in [0.25, 0.3) is 0 Å². The maximum Gasteiger partial charge on any atom is 0.133 e. The number of aryl methyl sites for hydroxylation is 1. The first-order valence-electron chi connectivity index (χ1n) is 5.77. The summed E-state index contributed by atoms with van der Waals surface area (Å²) in [6, 6.07) is 9.79. The van der Waals surface area contributed by atoms with Gasteiger partial charge in [-0.05, 0) is 36.2 Å². The quantitative estimate of drug-likeness (QED) is 0.738. The van der Waals surface area contributed by atoms with Gasteiger partial charge >= 0.3 is 0 Å². The molecular formula is C15H13BrF2O. The fourth-order valence-corrected chi connectivity index (χ4v) is 2.58. The highest BCUT2D eigenvalue weighted by Crippen LogP contribution is 2.35. The van der Waals surface area contributed by atoms with E-state index in [1.807, 2.05) is 0 Å². The molecule has 1 atom stereocenters. The summed E-state index contributed by atoms with van der Waals surface area (Å²) in [5, 5.41) is 0. The monoisotopic (exact) mass is 326 g/mol. The summed E-state index contributed by atoms with van der Waals surface area (Å²) in [6.07, 6.45) is 0. The number of hydrogen-bond donors (Lipinski definition) is 0. The van der Waals surface area contributed by atoms with E-state index in [2.05, 4.69) is 15.9 Å². The highest BCUT2D eigenvalue weighted by atomic mass is 79.9. The van der Waals surface area contributed by atoms with Gasteiger partial charge in [-0.3, -0.25) is 0 Å². The second-order valence-corrected chi connectivity index (χ2v) is 5.14. The van der Waals surface area contributed by atoms with Crippen molar-refractivity contribution in [2.24, 2.45) is 0 Å². The van der Waals surface area contributed by atoms with Crippen LogP contribution in [0.3, 0.4) is 0 Å². The molecule has 0 bridgehead atoms. The Balaban J connectivity index is 2.43. The van der Waals surface area contributed by atoms with E-state index in [1.54, 1.807) is 38.3 Å².